The van der Waals surface area contributed by atoms with E-state index in [2.05, 4.69) is 0 Å². The third kappa shape index (κ3) is 4.51. The number of rotatable bonds is 6. The molecule has 0 radical (unpaired) electrons. The summed E-state index contributed by atoms with van der Waals surface area (Å²) in [4.78, 5) is 24.5. The molecule has 0 aliphatic carbocycles. The molecule has 1 heterocycles. The van der Waals surface area contributed by atoms with Gasteiger partial charge in [-0.1, -0.05) is 19.9 Å². The number of carbonyl (C=O) groups excluding carboxylic acids is 2. The van der Waals surface area contributed by atoms with Gasteiger partial charge in [0.05, 0.1) is 31.1 Å². The van der Waals surface area contributed by atoms with Gasteiger partial charge in [-0.3, -0.25) is 4.79 Å². The normalized spacial score (nSPS) is 16.2. The molecular formula is C21H24N2O6. The van der Waals surface area contributed by atoms with Gasteiger partial charge in [-0.05, 0) is 31.5 Å². The van der Waals surface area contributed by atoms with Crippen molar-refractivity contribution in [1.82, 2.24) is 0 Å². The molecule has 1 unspecified atom stereocenters. The molecule has 1 aliphatic rings. The Hall–Kier alpha value is -3.47. The molecule has 1 aliphatic heterocycles. The van der Waals surface area contributed by atoms with E-state index in [9.17, 15) is 14.9 Å². The smallest absolute Gasteiger partial charge is 0.338 e. The van der Waals surface area contributed by atoms with Crippen molar-refractivity contribution >= 4 is 11.9 Å². The van der Waals surface area contributed by atoms with Gasteiger partial charge in [-0.25, -0.2) is 4.79 Å². The molecule has 2 N–H and O–H groups in total. The number of nitrogens with two attached hydrogens (primary N) is 1. The lowest BCUT2D eigenvalue weighted by molar-refractivity contribution is -0.139. The third-order valence-electron chi connectivity index (χ3n) is 4.30. The van der Waals surface area contributed by atoms with E-state index < -0.39 is 17.9 Å². The molecule has 8 nitrogen and oxygen atoms in total. The first kappa shape index (κ1) is 21.8. The molecule has 0 fully saturated rings. The number of benzene rings is 1. The van der Waals surface area contributed by atoms with Gasteiger partial charge in [0.15, 0.2) is 11.5 Å². The molecule has 8 heteroatoms. The van der Waals surface area contributed by atoms with Crippen molar-refractivity contribution in [1.29, 1.82) is 5.26 Å². The number of nitrogens with zero attached hydrogens (tertiary/aromatic N) is 1. The number of nitriles is 1. The maximum Gasteiger partial charge on any atom is 0.338 e. The summed E-state index contributed by atoms with van der Waals surface area (Å²) in [7, 11) is 1.43. The Morgan fingerprint density at radius 2 is 2.00 bits per heavy atom. The molecule has 0 saturated heterocycles. The zero-order chi connectivity index (χ0) is 21.7. The van der Waals surface area contributed by atoms with E-state index in [-0.39, 0.29) is 46.8 Å². The van der Waals surface area contributed by atoms with Crippen LogP contribution in [-0.4, -0.2) is 25.7 Å². The fourth-order valence-electron chi connectivity index (χ4n) is 2.86. The number of allylic oxidation sites excluding steroid dienone is 2. The lowest BCUT2D eigenvalue weighted by Crippen LogP contribution is -2.25. The summed E-state index contributed by atoms with van der Waals surface area (Å²) < 4.78 is 21.2. The van der Waals surface area contributed by atoms with E-state index in [1.807, 2.05) is 6.07 Å². The van der Waals surface area contributed by atoms with Crippen LogP contribution in [0.15, 0.2) is 41.0 Å². The van der Waals surface area contributed by atoms with Crippen molar-refractivity contribution in [2.45, 2.75) is 33.6 Å². The summed E-state index contributed by atoms with van der Waals surface area (Å²) in [5.41, 5.74) is 6.68. The highest BCUT2D eigenvalue weighted by Gasteiger charge is 2.36. The molecule has 1 atom stereocenters. The van der Waals surface area contributed by atoms with Gasteiger partial charge in [0.2, 0.25) is 5.88 Å². The van der Waals surface area contributed by atoms with Crippen molar-refractivity contribution < 1.29 is 28.5 Å². The molecule has 0 amide bonds. The number of hydrogen-bond donors (Lipinski definition) is 1. The SMILES string of the molecule is CCOC(=O)C1=C(C)OC(N)=C(C#N)C1c1ccc(OC(=O)C(C)C)c(OC)c1. The van der Waals surface area contributed by atoms with E-state index in [4.69, 9.17) is 24.7 Å². The van der Waals surface area contributed by atoms with E-state index in [0.717, 1.165) is 0 Å². The summed E-state index contributed by atoms with van der Waals surface area (Å²) in [6.45, 7) is 6.87. The minimum absolute atomic E-state index is 0.0765. The van der Waals surface area contributed by atoms with Crippen molar-refractivity contribution in [3.05, 3.63) is 46.6 Å². The van der Waals surface area contributed by atoms with Crippen LogP contribution in [-0.2, 0) is 19.1 Å². The molecule has 154 valence electrons. The van der Waals surface area contributed by atoms with Crippen LogP contribution in [0.3, 0.4) is 0 Å². The topological polar surface area (TPSA) is 121 Å². The maximum absolute atomic E-state index is 12.6. The second-order valence-corrected chi connectivity index (χ2v) is 6.60. The molecule has 0 spiro atoms. The van der Waals surface area contributed by atoms with Crippen molar-refractivity contribution in [3.8, 4) is 17.6 Å². The highest BCUT2D eigenvalue weighted by Crippen LogP contribution is 2.42. The van der Waals surface area contributed by atoms with Gasteiger partial charge in [0, 0.05) is 0 Å². The first-order valence-electron chi connectivity index (χ1n) is 9.10. The first-order chi connectivity index (χ1) is 13.7. The van der Waals surface area contributed by atoms with Crippen LogP contribution in [0, 0.1) is 17.2 Å². The maximum atomic E-state index is 12.6. The minimum atomic E-state index is -0.809. The van der Waals surface area contributed by atoms with Gasteiger partial charge >= 0.3 is 11.9 Å². The van der Waals surface area contributed by atoms with Crippen molar-refractivity contribution in [3.63, 3.8) is 0 Å². The minimum Gasteiger partial charge on any atom is -0.493 e. The predicted molar refractivity (Wildman–Crippen MR) is 103 cm³/mol. The number of esters is 2. The van der Waals surface area contributed by atoms with E-state index in [1.54, 1.807) is 45.9 Å². The summed E-state index contributed by atoms with van der Waals surface area (Å²) >= 11 is 0. The molecule has 1 aromatic rings. The van der Waals surface area contributed by atoms with Gasteiger partial charge in [-0.15, -0.1) is 0 Å². The average Bonchev–Trinajstić information content (AvgIpc) is 2.67. The molecule has 29 heavy (non-hydrogen) atoms. The second kappa shape index (κ2) is 9.15. The zero-order valence-electron chi connectivity index (χ0n) is 17.1. The first-order valence-corrected chi connectivity index (χ1v) is 9.10. The van der Waals surface area contributed by atoms with E-state index in [1.165, 1.54) is 7.11 Å². The van der Waals surface area contributed by atoms with Crippen LogP contribution in [0.5, 0.6) is 11.5 Å². The van der Waals surface area contributed by atoms with Crippen LogP contribution in [0.4, 0.5) is 0 Å². The third-order valence-corrected chi connectivity index (χ3v) is 4.30. The summed E-state index contributed by atoms with van der Waals surface area (Å²) in [6.07, 6.45) is 0. The van der Waals surface area contributed by atoms with Crippen LogP contribution in [0.2, 0.25) is 0 Å². The summed E-state index contributed by atoms with van der Waals surface area (Å²) in [5, 5.41) is 9.63. The highest BCUT2D eigenvalue weighted by molar-refractivity contribution is 5.92. The van der Waals surface area contributed by atoms with E-state index in [0.29, 0.717) is 5.56 Å². The Labute approximate surface area is 169 Å². The monoisotopic (exact) mass is 400 g/mol. The lowest BCUT2D eigenvalue weighted by atomic mass is 9.83. The molecular weight excluding hydrogens is 376 g/mol. The van der Waals surface area contributed by atoms with Crippen LogP contribution >= 0.6 is 0 Å². The largest absolute Gasteiger partial charge is 0.493 e. The predicted octanol–water partition coefficient (Wildman–Crippen LogP) is 2.90. The molecule has 2 rings (SSSR count). The highest BCUT2D eigenvalue weighted by atomic mass is 16.6. The van der Waals surface area contributed by atoms with Gasteiger partial charge in [0.25, 0.3) is 0 Å². The Kier molecular flexibility index (Phi) is 6.89. The second-order valence-electron chi connectivity index (χ2n) is 6.60. The molecule has 0 saturated carbocycles. The Bertz CT molecular complexity index is 924. The van der Waals surface area contributed by atoms with Crippen LogP contribution < -0.4 is 15.2 Å². The van der Waals surface area contributed by atoms with Crippen LogP contribution in [0.1, 0.15) is 39.2 Å². The Morgan fingerprint density at radius 1 is 1.31 bits per heavy atom. The number of methoxy groups -OCH3 is 1. The Balaban J connectivity index is 2.58. The summed E-state index contributed by atoms with van der Waals surface area (Å²) in [6, 6.07) is 6.79. The zero-order valence-corrected chi connectivity index (χ0v) is 17.1. The van der Waals surface area contributed by atoms with Gasteiger partial charge in [-0.2, -0.15) is 5.26 Å². The Morgan fingerprint density at radius 3 is 2.55 bits per heavy atom. The average molecular weight is 400 g/mol. The number of carbonyl (C=O) groups is 2. The fraction of sp³-hybridized carbons (Fsp3) is 0.381. The number of ether oxygens (including phenoxy) is 4. The lowest BCUT2D eigenvalue weighted by Gasteiger charge is -2.27. The standard InChI is InChI=1S/C21H24N2O6/c1-6-27-21(25)17-12(4)28-19(23)14(10-22)18(17)13-7-8-15(16(9-13)26-5)29-20(24)11(2)3/h7-9,11,18H,6,23H2,1-5H3. The van der Waals surface area contributed by atoms with Crippen LogP contribution in [0.25, 0.3) is 0 Å². The van der Waals surface area contributed by atoms with Gasteiger partial charge < -0.3 is 24.7 Å². The molecule has 0 bridgehead atoms. The van der Waals surface area contributed by atoms with Gasteiger partial charge in [0.1, 0.15) is 17.4 Å². The quantitative estimate of drug-likeness (QED) is 0.571. The van der Waals surface area contributed by atoms with Crippen molar-refractivity contribution in [2.24, 2.45) is 11.7 Å². The molecule has 0 aromatic heterocycles. The fourth-order valence-corrected chi connectivity index (χ4v) is 2.86. The summed E-state index contributed by atoms with van der Waals surface area (Å²) in [5.74, 6) is -1.47. The van der Waals surface area contributed by atoms with Crippen molar-refractivity contribution in [2.75, 3.05) is 13.7 Å². The molecule has 1 aromatic carbocycles. The van der Waals surface area contributed by atoms with E-state index >= 15 is 0 Å². The number of hydrogen-bond acceptors (Lipinski definition) is 8.